The smallest absolute Gasteiger partial charge is 0.274 e. The zero-order valence-corrected chi connectivity index (χ0v) is 26.0. The maximum Gasteiger partial charge on any atom is 0.274 e. The van der Waals surface area contributed by atoms with E-state index in [4.69, 9.17) is 42.9 Å². The fraction of sp³-hybridized carbons (Fsp3) is 0.281. The first-order valence-corrected chi connectivity index (χ1v) is 14.7. The van der Waals surface area contributed by atoms with Gasteiger partial charge in [-0.05, 0) is 47.9 Å². The maximum absolute atomic E-state index is 13.0. The van der Waals surface area contributed by atoms with Gasteiger partial charge in [-0.1, -0.05) is 53.5 Å². The predicted octanol–water partition coefficient (Wildman–Crippen LogP) is 4.76. The van der Waals surface area contributed by atoms with Gasteiger partial charge in [0.1, 0.15) is 23.7 Å². The fourth-order valence-electron chi connectivity index (χ4n) is 4.45. The number of nitrogens with one attached hydrogen (secondary N) is 3. The van der Waals surface area contributed by atoms with Crippen molar-refractivity contribution >= 4 is 34.8 Å². The monoisotopic (exact) mass is 639 g/mol. The highest BCUT2D eigenvalue weighted by Gasteiger charge is 2.17. The van der Waals surface area contributed by atoms with E-state index in [1.165, 1.54) is 7.11 Å². The summed E-state index contributed by atoms with van der Waals surface area (Å²) in [6.45, 7) is 3.95. The van der Waals surface area contributed by atoms with Crippen molar-refractivity contribution in [3.8, 4) is 22.8 Å². The van der Waals surface area contributed by atoms with Gasteiger partial charge in [0.25, 0.3) is 5.91 Å². The van der Waals surface area contributed by atoms with E-state index >= 15 is 0 Å². The van der Waals surface area contributed by atoms with Crippen LogP contribution in [0.25, 0.3) is 11.1 Å². The minimum Gasteiger partial charge on any atom is -0.486 e. The van der Waals surface area contributed by atoms with Crippen molar-refractivity contribution in [3.63, 3.8) is 0 Å². The van der Waals surface area contributed by atoms with E-state index in [2.05, 4.69) is 25.9 Å². The van der Waals surface area contributed by atoms with E-state index in [1.807, 2.05) is 43.3 Å². The standard InChI is InChI=1S/C32H35Cl2N5O5/c1-20-23(5-3-7-26(20)38-31(42)27-10-9-21(17-37-27)16-35-11-13-40)24-6-4-8-29(30(24)34)44-19-28-25(33)15-22(18-36-12-14-41)32(39-28)43-2/h3-10,15,17,35-36,40-41H,11-14,16,18-19H2,1-2H3,(H,38,42). The van der Waals surface area contributed by atoms with Crippen LogP contribution >= 0.6 is 23.2 Å². The Morgan fingerprint density at radius 2 is 1.68 bits per heavy atom. The van der Waals surface area contributed by atoms with Gasteiger partial charge in [0.05, 0.1) is 30.4 Å². The number of methoxy groups -OCH3 is 1. The summed E-state index contributed by atoms with van der Waals surface area (Å²) in [5, 5.41) is 27.9. The number of carbonyl (C=O) groups is 1. The molecule has 0 fully saturated rings. The minimum atomic E-state index is -0.335. The molecule has 0 aliphatic carbocycles. The molecule has 0 spiro atoms. The second-order valence-electron chi connectivity index (χ2n) is 9.78. The lowest BCUT2D eigenvalue weighted by Gasteiger charge is -2.16. The molecule has 44 heavy (non-hydrogen) atoms. The number of carbonyl (C=O) groups excluding carboxylic acids is 1. The van der Waals surface area contributed by atoms with Gasteiger partial charge in [-0.2, -0.15) is 0 Å². The molecule has 0 saturated carbocycles. The van der Waals surface area contributed by atoms with Gasteiger partial charge in [0.2, 0.25) is 5.88 Å². The topological polar surface area (TPSA) is 138 Å². The van der Waals surface area contributed by atoms with Crippen LogP contribution in [0.3, 0.4) is 0 Å². The Morgan fingerprint density at radius 1 is 0.955 bits per heavy atom. The van der Waals surface area contributed by atoms with Crippen LogP contribution in [0.4, 0.5) is 5.69 Å². The van der Waals surface area contributed by atoms with Crippen molar-refractivity contribution < 1.29 is 24.5 Å². The number of aliphatic hydroxyl groups is 2. The van der Waals surface area contributed by atoms with Crippen LogP contribution in [0.15, 0.2) is 60.8 Å². The quantitative estimate of drug-likeness (QED) is 0.117. The number of hydrogen-bond donors (Lipinski definition) is 5. The lowest BCUT2D eigenvalue weighted by Crippen LogP contribution is -2.18. The Hall–Kier alpha value is -3.77. The number of aliphatic hydroxyl groups excluding tert-OH is 2. The Kier molecular flexibility index (Phi) is 12.3. The van der Waals surface area contributed by atoms with Gasteiger partial charge in [-0.3, -0.25) is 9.78 Å². The summed E-state index contributed by atoms with van der Waals surface area (Å²) in [5.74, 6) is 0.522. The minimum absolute atomic E-state index is 0.0194. The molecule has 10 nitrogen and oxygen atoms in total. The molecule has 0 aliphatic rings. The SMILES string of the molecule is COc1nc(COc2cccc(-c3cccc(NC(=O)c4ccc(CNCCO)cn4)c3C)c2Cl)c(Cl)cc1CNCCO. The number of hydrogen-bond acceptors (Lipinski definition) is 9. The molecular weight excluding hydrogens is 605 g/mol. The van der Waals surface area contributed by atoms with E-state index in [0.717, 1.165) is 27.8 Å². The first kappa shape index (κ1) is 33.1. The molecule has 2 aromatic carbocycles. The number of pyridine rings is 2. The number of aromatic nitrogens is 2. The van der Waals surface area contributed by atoms with Gasteiger partial charge in [-0.25, -0.2) is 4.98 Å². The van der Waals surface area contributed by atoms with Crippen LogP contribution in [0, 0.1) is 6.92 Å². The average Bonchev–Trinajstić information content (AvgIpc) is 3.03. The van der Waals surface area contributed by atoms with E-state index in [0.29, 0.717) is 59.2 Å². The molecule has 4 aromatic rings. The predicted molar refractivity (Wildman–Crippen MR) is 172 cm³/mol. The highest BCUT2D eigenvalue weighted by molar-refractivity contribution is 6.35. The van der Waals surface area contributed by atoms with Crippen LogP contribution in [0.5, 0.6) is 11.6 Å². The lowest BCUT2D eigenvalue weighted by molar-refractivity contribution is 0.102. The van der Waals surface area contributed by atoms with E-state index < -0.39 is 0 Å². The summed E-state index contributed by atoms with van der Waals surface area (Å²) >= 11 is 13.3. The number of benzene rings is 2. The molecule has 2 heterocycles. The van der Waals surface area contributed by atoms with Crippen molar-refractivity contribution in [2.75, 3.05) is 38.7 Å². The summed E-state index contributed by atoms with van der Waals surface area (Å²) < 4.78 is 11.5. The maximum atomic E-state index is 13.0. The van der Waals surface area contributed by atoms with Gasteiger partial charge >= 0.3 is 0 Å². The van der Waals surface area contributed by atoms with E-state index in [1.54, 1.807) is 24.4 Å². The normalized spacial score (nSPS) is 11.0. The molecule has 0 unspecified atom stereocenters. The van der Waals surface area contributed by atoms with Gasteiger partial charge in [-0.15, -0.1) is 0 Å². The van der Waals surface area contributed by atoms with Crippen LogP contribution < -0.4 is 25.4 Å². The molecule has 0 bridgehead atoms. The summed E-state index contributed by atoms with van der Waals surface area (Å²) in [7, 11) is 1.53. The Morgan fingerprint density at radius 3 is 2.39 bits per heavy atom. The van der Waals surface area contributed by atoms with Crippen molar-refractivity contribution in [3.05, 3.63) is 98.9 Å². The number of amides is 1. The molecule has 0 radical (unpaired) electrons. The Labute approximate surface area is 266 Å². The summed E-state index contributed by atoms with van der Waals surface area (Å²) in [6, 6.07) is 16.3. The van der Waals surface area contributed by atoms with Crippen molar-refractivity contribution in [1.82, 2.24) is 20.6 Å². The van der Waals surface area contributed by atoms with Crippen LogP contribution in [-0.4, -0.2) is 59.5 Å². The average molecular weight is 641 g/mol. The largest absolute Gasteiger partial charge is 0.486 e. The van der Waals surface area contributed by atoms with Crippen LogP contribution in [-0.2, 0) is 19.7 Å². The van der Waals surface area contributed by atoms with Crippen molar-refractivity contribution in [1.29, 1.82) is 0 Å². The number of ether oxygens (including phenoxy) is 2. The van der Waals surface area contributed by atoms with Gasteiger partial charge in [0.15, 0.2) is 0 Å². The zero-order valence-electron chi connectivity index (χ0n) is 24.5. The molecule has 1 amide bonds. The third kappa shape index (κ3) is 8.44. The highest BCUT2D eigenvalue weighted by Crippen LogP contribution is 2.39. The molecule has 5 N–H and O–H groups in total. The fourth-order valence-corrected chi connectivity index (χ4v) is 4.96. The second-order valence-corrected chi connectivity index (χ2v) is 10.6. The molecule has 232 valence electrons. The number of halogens is 2. The summed E-state index contributed by atoms with van der Waals surface area (Å²) in [6.07, 6.45) is 1.64. The van der Waals surface area contributed by atoms with E-state index in [-0.39, 0.29) is 31.4 Å². The van der Waals surface area contributed by atoms with Crippen LogP contribution in [0.1, 0.15) is 32.9 Å². The van der Waals surface area contributed by atoms with Crippen molar-refractivity contribution in [2.24, 2.45) is 0 Å². The van der Waals surface area contributed by atoms with Gasteiger partial charge < -0.3 is 35.6 Å². The summed E-state index contributed by atoms with van der Waals surface area (Å²) in [5.41, 5.74) is 5.45. The van der Waals surface area contributed by atoms with Crippen LogP contribution in [0.2, 0.25) is 10.0 Å². The highest BCUT2D eigenvalue weighted by atomic mass is 35.5. The van der Waals surface area contributed by atoms with E-state index in [9.17, 15) is 4.79 Å². The second kappa shape index (κ2) is 16.3. The molecular formula is C32H35Cl2N5O5. The zero-order chi connectivity index (χ0) is 31.5. The molecule has 4 rings (SSSR count). The molecule has 0 saturated heterocycles. The third-order valence-electron chi connectivity index (χ3n) is 6.76. The Bertz CT molecular complexity index is 1570. The lowest BCUT2D eigenvalue weighted by atomic mass is 9.98. The Balaban J connectivity index is 1.49. The molecule has 0 aliphatic heterocycles. The van der Waals surface area contributed by atoms with Gasteiger partial charge in [0, 0.05) is 49.2 Å². The molecule has 2 aromatic heterocycles. The first-order valence-electron chi connectivity index (χ1n) is 14.0. The number of anilines is 1. The third-order valence-corrected chi connectivity index (χ3v) is 7.48. The summed E-state index contributed by atoms with van der Waals surface area (Å²) in [4.78, 5) is 21.8. The number of nitrogens with zero attached hydrogens (tertiary/aromatic N) is 2. The molecule has 12 heteroatoms. The number of rotatable bonds is 15. The first-order chi connectivity index (χ1) is 21.4. The molecule has 0 atom stereocenters. The van der Waals surface area contributed by atoms with Crippen molar-refractivity contribution in [2.45, 2.75) is 26.6 Å².